The zero-order valence-corrected chi connectivity index (χ0v) is 6.44. The van der Waals surface area contributed by atoms with Crippen LogP contribution in [0.5, 0.6) is 0 Å². The van der Waals surface area contributed by atoms with Gasteiger partial charge in [-0.2, -0.15) is 0 Å². The molecule has 5 nitrogen and oxygen atoms in total. The quantitative estimate of drug-likeness (QED) is 0.200. The van der Waals surface area contributed by atoms with Crippen LogP contribution in [0.1, 0.15) is 0 Å². The second kappa shape index (κ2) is 5.46. The summed E-state index contributed by atoms with van der Waals surface area (Å²) in [7, 11) is 0. The molecule has 0 atom stereocenters. The monoisotopic (exact) mass is 130 g/mol. The van der Waals surface area contributed by atoms with Crippen LogP contribution in [-0.4, -0.2) is 57.5 Å². The molecule has 0 heterocycles. The molecule has 0 bridgehead atoms. The first-order valence-corrected chi connectivity index (χ1v) is 1.61. The van der Waals surface area contributed by atoms with Crippen LogP contribution in [0.15, 0.2) is 0 Å². The summed E-state index contributed by atoms with van der Waals surface area (Å²) in [6.45, 7) is -0.806. The summed E-state index contributed by atoms with van der Waals surface area (Å²) in [5, 5.41) is 25.0. The molecular formula is C2H5NNaO4. The van der Waals surface area contributed by atoms with E-state index in [1.807, 2.05) is 0 Å². The first kappa shape index (κ1) is 11.2. The Morgan fingerprint density at radius 2 is 2.00 bits per heavy atom. The number of nitrogens with zero attached hydrogens (tertiary/aromatic N) is 1. The van der Waals surface area contributed by atoms with Crippen LogP contribution in [0, 0.1) is 10.1 Å². The summed E-state index contributed by atoms with van der Waals surface area (Å²) in [5.41, 5.74) is 0. The Balaban J connectivity index is 0. The zero-order valence-electron chi connectivity index (χ0n) is 4.44. The maximum atomic E-state index is 9.30. The maximum Gasteiger partial charge on any atom is 0.253 e. The Kier molecular flexibility index (Phi) is 7.61. The first-order chi connectivity index (χ1) is 3.13. The van der Waals surface area contributed by atoms with E-state index in [4.69, 9.17) is 10.2 Å². The third kappa shape index (κ3) is 9.58. The standard InChI is InChI=1S/C2H5NO4.Na/c4-2(5)1-3(6)7;/h2,4-5H,1H2;. The third-order valence-corrected chi connectivity index (χ3v) is 0.312. The summed E-state index contributed by atoms with van der Waals surface area (Å²) in [6, 6.07) is 0. The fourth-order valence-electron chi connectivity index (χ4n) is 0.133. The minimum absolute atomic E-state index is 0. The van der Waals surface area contributed by atoms with Crippen LogP contribution in [0.25, 0.3) is 0 Å². The van der Waals surface area contributed by atoms with Gasteiger partial charge < -0.3 is 10.2 Å². The Morgan fingerprint density at radius 1 is 1.62 bits per heavy atom. The van der Waals surface area contributed by atoms with Crippen molar-refractivity contribution in [1.82, 2.24) is 0 Å². The smallest absolute Gasteiger partial charge is 0.253 e. The van der Waals surface area contributed by atoms with E-state index in [-0.39, 0.29) is 29.6 Å². The van der Waals surface area contributed by atoms with Crippen molar-refractivity contribution in [3.8, 4) is 0 Å². The van der Waals surface area contributed by atoms with Crippen molar-refractivity contribution in [2.24, 2.45) is 0 Å². The molecule has 0 unspecified atom stereocenters. The van der Waals surface area contributed by atoms with Crippen molar-refractivity contribution >= 4 is 29.6 Å². The van der Waals surface area contributed by atoms with Gasteiger partial charge in [-0.15, -0.1) is 0 Å². The second-order valence-corrected chi connectivity index (χ2v) is 0.996. The topological polar surface area (TPSA) is 83.6 Å². The summed E-state index contributed by atoms with van der Waals surface area (Å²) in [5.74, 6) is 0. The van der Waals surface area contributed by atoms with Crippen LogP contribution >= 0.6 is 0 Å². The van der Waals surface area contributed by atoms with E-state index < -0.39 is 17.8 Å². The summed E-state index contributed by atoms with van der Waals surface area (Å²) in [6.07, 6.45) is -1.82. The molecular weight excluding hydrogens is 125 g/mol. The number of hydrogen-bond donors (Lipinski definition) is 2. The van der Waals surface area contributed by atoms with Crippen LogP contribution in [0.3, 0.4) is 0 Å². The molecule has 0 rings (SSSR count). The average Bonchev–Trinajstić information content (AvgIpc) is 1.27. The number of hydrogen-bond acceptors (Lipinski definition) is 4. The van der Waals surface area contributed by atoms with Crippen LogP contribution in [-0.2, 0) is 0 Å². The van der Waals surface area contributed by atoms with E-state index >= 15 is 0 Å². The molecule has 0 amide bonds. The van der Waals surface area contributed by atoms with Crippen molar-refractivity contribution < 1.29 is 15.1 Å². The van der Waals surface area contributed by atoms with Gasteiger partial charge in [0.15, 0.2) is 0 Å². The van der Waals surface area contributed by atoms with Gasteiger partial charge in [-0.1, -0.05) is 0 Å². The van der Waals surface area contributed by atoms with Crippen molar-refractivity contribution in [2.75, 3.05) is 6.54 Å². The van der Waals surface area contributed by atoms with Crippen LogP contribution in [0.4, 0.5) is 0 Å². The van der Waals surface area contributed by atoms with Gasteiger partial charge in [-0.05, 0) is 0 Å². The van der Waals surface area contributed by atoms with Crippen molar-refractivity contribution in [2.45, 2.75) is 6.29 Å². The van der Waals surface area contributed by atoms with Gasteiger partial charge >= 0.3 is 0 Å². The molecule has 0 aromatic heterocycles. The van der Waals surface area contributed by atoms with E-state index in [2.05, 4.69) is 0 Å². The molecule has 1 radical (unpaired) electrons. The molecule has 0 fully saturated rings. The normalized spacial score (nSPS) is 8.38. The SMILES string of the molecule is O=[N+]([O-])CC(O)O.[Na]. The summed E-state index contributed by atoms with van der Waals surface area (Å²) >= 11 is 0. The van der Waals surface area contributed by atoms with Gasteiger partial charge in [0, 0.05) is 34.5 Å². The molecule has 0 saturated carbocycles. The third-order valence-electron chi connectivity index (χ3n) is 0.312. The summed E-state index contributed by atoms with van der Waals surface area (Å²) in [4.78, 5) is 8.49. The molecule has 0 aliphatic rings. The number of aliphatic hydroxyl groups is 2. The Morgan fingerprint density at radius 3 is 2.00 bits per heavy atom. The Bertz CT molecular complexity index is 74.4. The largest absolute Gasteiger partial charge is 0.363 e. The van der Waals surface area contributed by atoms with Crippen molar-refractivity contribution in [3.05, 3.63) is 10.1 Å². The van der Waals surface area contributed by atoms with Gasteiger partial charge in [0.05, 0.1) is 0 Å². The molecule has 6 heteroatoms. The van der Waals surface area contributed by atoms with E-state index in [9.17, 15) is 10.1 Å². The minimum atomic E-state index is -1.82. The van der Waals surface area contributed by atoms with Crippen molar-refractivity contribution in [1.29, 1.82) is 0 Å². The molecule has 0 aromatic rings. The van der Waals surface area contributed by atoms with E-state index in [1.165, 1.54) is 0 Å². The van der Waals surface area contributed by atoms with Gasteiger partial charge in [-0.3, -0.25) is 10.1 Å². The first-order valence-electron chi connectivity index (χ1n) is 1.61. The molecule has 0 saturated heterocycles. The zero-order chi connectivity index (χ0) is 5.86. The van der Waals surface area contributed by atoms with E-state index in [1.54, 1.807) is 0 Å². The molecule has 0 aliphatic heterocycles. The van der Waals surface area contributed by atoms with Crippen LogP contribution < -0.4 is 0 Å². The predicted molar refractivity (Wildman–Crippen MR) is 25.8 cm³/mol. The Labute approximate surface area is 67.8 Å². The molecule has 8 heavy (non-hydrogen) atoms. The molecule has 0 aromatic carbocycles. The molecule has 0 aliphatic carbocycles. The van der Waals surface area contributed by atoms with Gasteiger partial charge in [0.2, 0.25) is 6.29 Å². The molecule has 0 spiro atoms. The summed E-state index contributed by atoms with van der Waals surface area (Å²) < 4.78 is 0. The second-order valence-electron chi connectivity index (χ2n) is 0.996. The van der Waals surface area contributed by atoms with E-state index in [0.29, 0.717) is 0 Å². The number of aliphatic hydroxyl groups excluding tert-OH is 1. The fourth-order valence-corrected chi connectivity index (χ4v) is 0.133. The average molecular weight is 130 g/mol. The van der Waals surface area contributed by atoms with Gasteiger partial charge in [0.1, 0.15) is 0 Å². The van der Waals surface area contributed by atoms with E-state index in [0.717, 1.165) is 0 Å². The fraction of sp³-hybridized carbons (Fsp3) is 1.00. The predicted octanol–water partition coefficient (Wildman–Crippen LogP) is -1.81. The van der Waals surface area contributed by atoms with Gasteiger partial charge in [0.25, 0.3) is 6.54 Å². The Hall–Kier alpha value is 0.320. The van der Waals surface area contributed by atoms with Crippen molar-refractivity contribution in [3.63, 3.8) is 0 Å². The van der Waals surface area contributed by atoms with Gasteiger partial charge in [-0.25, -0.2) is 0 Å². The number of nitro groups is 1. The minimum Gasteiger partial charge on any atom is -0.363 e. The number of rotatable bonds is 2. The molecule has 2 N–H and O–H groups in total. The maximum absolute atomic E-state index is 9.30. The van der Waals surface area contributed by atoms with Crippen LogP contribution in [0.2, 0.25) is 0 Å². The molecule has 43 valence electrons.